The van der Waals surface area contributed by atoms with Crippen LogP contribution in [0.5, 0.6) is 0 Å². The zero-order chi connectivity index (χ0) is 22.1. The van der Waals surface area contributed by atoms with E-state index in [0.29, 0.717) is 37.3 Å². The number of aryl methyl sites for hydroxylation is 1. The number of hydrogen-bond donors (Lipinski definition) is 0. The number of carbonyl (C=O) groups is 1. The van der Waals surface area contributed by atoms with Crippen LogP contribution in [0.4, 0.5) is 10.2 Å². The lowest BCUT2D eigenvalue weighted by Gasteiger charge is -2.35. The first-order valence-corrected chi connectivity index (χ1v) is 10.5. The van der Waals surface area contributed by atoms with Gasteiger partial charge in [-0.15, -0.1) is 5.10 Å². The Kier molecular flexibility index (Phi) is 5.22. The van der Waals surface area contributed by atoms with Crippen molar-refractivity contribution in [2.24, 2.45) is 0 Å². The third-order valence-electron chi connectivity index (χ3n) is 5.70. The van der Waals surface area contributed by atoms with Crippen LogP contribution in [0.3, 0.4) is 0 Å². The SMILES string of the molecule is Cc1ccc(-n2nnc3c(N4CCN(C(=O)Cc5ccc(F)cc5)CC4)ncnc32)cc1. The van der Waals surface area contributed by atoms with Gasteiger partial charge in [-0.25, -0.2) is 14.4 Å². The Bertz CT molecular complexity index is 1250. The Morgan fingerprint density at radius 2 is 1.69 bits per heavy atom. The predicted molar refractivity (Wildman–Crippen MR) is 118 cm³/mol. The van der Waals surface area contributed by atoms with Crippen LogP contribution in [-0.2, 0) is 11.2 Å². The van der Waals surface area contributed by atoms with E-state index in [4.69, 9.17) is 0 Å². The van der Waals surface area contributed by atoms with E-state index in [1.807, 2.05) is 36.1 Å². The molecule has 1 amide bonds. The molecule has 0 bridgehead atoms. The summed E-state index contributed by atoms with van der Waals surface area (Å²) in [6, 6.07) is 14.1. The molecule has 0 saturated carbocycles. The second kappa shape index (κ2) is 8.33. The van der Waals surface area contributed by atoms with Gasteiger partial charge in [0.2, 0.25) is 5.91 Å². The normalized spacial score (nSPS) is 14.2. The first-order chi connectivity index (χ1) is 15.6. The van der Waals surface area contributed by atoms with Gasteiger partial charge in [0.25, 0.3) is 0 Å². The van der Waals surface area contributed by atoms with Crippen molar-refractivity contribution in [3.05, 3.63) is 71.8 Å². The van der Waals surface area contributed by atoms with Crippen molar-refractivity contribution in [1.82, 2.24) is 29.9 Å². The Hall–Kier alpha value is -3.88. The fraction of sp³-hybridized carbons (Fsp3) is 0.261. The Morgan fingerprint density at radius 3 is 2.41 bits per heavy atom. The van der Waals surface area contributed by atoms with Gasteiger partial charge in [0, 0.05) is 26.2 Å². The number of nitrogens with zero attached hydrogens (tertiary/aromatic N) is 7. The summed E-state index contributed by atoms with van der Waals surface area (Å²) < 4.78 is 14.8. The number of carbonyl (C=O) groups excluding carboxylic acids is 1. The van der Waals surface area contributed by atoms with E-state index in [1.165, 1.54) is 24.0 Å². The molecule has 0 unspecified atom stereocenters. The quantitative estimate of drug-likeness (QED) is 0.494. The van der Waals surface area contributed by atoms with Crippen molar-refractivity contribution >= 4 is 22.9 Å². The van der Waals surface area contributed by atoms with E-state index in [2.05, 4.69) is 25.2 Å². The molecule has 32 heavy (non-hydrogen) atoms. The molecule has 0 aliphatic carbocycles. The molecule has 5 rings (SSSR count). The van der Waals surface area contributed by atoms with Crippen molar-refractivity contribution in [1.29, 1.82) is 0 Å². The highest BCUT2D eigenvalue weighted by atomic mass is 19.1. The van der Waals surface area contributed by atoms with E-state index in [9.17, 15) is 9.18 Å². The molecule has 1 fully saturated rings. The Labute approximate surface area is 184 Å². The topological polar surface area (TPSA) is 80.0 Å². The summed E-state index contributed by atoms with van der Waals surface area (Å²) in [5.41, 5.74) is 4.15. The average molecular weight is 431 g/mol. The molecule has 1 aliphatic rings. The lowest BCUT2D eigenvalue weighted by Crippen LogP contribution is -2.49. The van der Waals surface area contributed by atoms with Gasteiger partial charge in [0.1, 0.15) is 12.1 Å². The van der Waals surface area contributed by atoms with Crippen molar-refractivity contribution in [2.45, 2.75) is 13.3 Å². The molecule has 0 spiro atoms. The molecule has 8 nitrogen and oxygen atoms in total. The molecule has 4 aromatic rings. The minimum atomic E-state index is -0.301. The van der Waals surface area contributed by atoms with Gasteiger partial charge in [-0.05, 0) is 36.8 Å². The zero-order valence-electron chi connectivity index (χ0n) is 17.6. The molecule has 162 valence electrons. The summed E-state index contributed by atoms with van der Waals surface area (Å²) in [6.07, 6.45) is 1.79. The van der Waals surface area contributed by atoms with Gasteiger partial charge < -0.3 is 9.80 Å². The molecule has 2 aromatic carbocycles. The maximum absolute atomic E-state index is 13.1. The van der Waals surface area contributed by atoms with Crippen LogP contribution in [-0.4, -0.2) is 61.9 Å². The molecule has 0 atom stereocenters. The summed E-state index contributed by atoms with van der Waals surface area (Å²) in [5, 5.41) is 8.64. The molecule has 9 heteroatoms. The van der Waals surface area contributed by atoms with Gasteiger partial charge in [0.15, 0.2) is 17.0 Å². The summed E-state index contributed by atoms with van der Waals surface area (Å²) in [6.45, 7) is 4.47. The van der Waals surface area contributed by atoms with Crippen LogP contribution in [0.25, 0.3) is 16.9 Å². The lowest BCUT2D eigenvalue weighted by molar-refractivity contribution is -0.130. The average Bonchev–Trinajstić information content (AvgIpc) is 3.25. The Balaban J connectivity index is 1.30. The molecule has 0 radical (unpaired) electrons. The third-order valence-corrected chi connectivity index (χ3v) is 5.70. The largest absolute Gasteiger partial charge is 0.351 e. The van der Waals surface area contributed by atoms with Crippen molar-refractivity contribution in [3.8, 4) is 5.69 Å². The lowest BCUT2D eigenvalue weighted by atomic mass is 10.1. The number of anilines is 1. The summed E-state index contributed by atoms with van der Waals surface area (Å²) in [7, 11) is 0. The first kappa shape index (κ1) is 20.0. The zero-order valence-corrected chi connectivity index (χ0v) is 17.6. The van der Waals surface area contributed by atoms with Crippen LogP contribution in [0.15, 0.2) is 54.9 Å². The van der Waals surface area contributed by atoms with Gasteiger partial charge >= 0.3 is 0 Å². The van der Waals surface area contributed by atoms with Crippen LogP contribution >= 0.6 is 0 Å². The van der Waals surface area contributed by atoms with E-state index in [1.54, 1.807) is 16.8 Å². The number of piperazine rings is 1. The molecule has 0 N–H and O–H groups in total. The second-order valence-corrected chi connectivity index (χ2v) is 7.88. The highest BCUT2D eigenvalue weighted by molar-refractivity contribution is 5.84. The van der Waals surface area contributed by atoms with E-state index in [-0.39, 0.29) is 18.1 Å². The number of aromatic nitrogens is 5. The van der Waals surface area contributed by atoms with Gasteiger partial charge in [-0.1, -0.05) is 35.0 Å². The van der Waals surface area contributed by atoms with Crippen LogP contribution in [0.2, 0.25) is 0 Å². The minimum absolute atomic E-state index is 0.0365. The molecule has 1 aliphatic heterocycles. The van der Waals surface area contributed by atoms with Crippen molar-refractivity contribution < 1.29 is 9.18 Å². The van der Waals surface area contributed by atoms with Crippen LogP contribution in [0.1, 0.15) is 11.1 Å². The van der Waals surface area contributed by atoms with E-state index in [0.717, 1.165) is 17.1 Å². The number of fused-ring (bicyclic) bond motifs is 1. The maximum atomic E-state index is 13.1. The monoisotopic (exact) mass is 431 g/mol. The van der Waals surface area contributed by atoms with E-state index < -0.39 is 0 Å². The molecule has 3 heterocycles. The van der Waals surface area contributed by atoms with Crippen molar-refractivity contribution in [2.75, 3.05) is 31.1 Å². The predicted octanol–water partition coefficient (Wildman–Crippen LogP) is 2.55. The number of hydrogen-bond acceptors (Lipinski definition) is 6. The van der Waals surface area contributed by atoms with Gasteiger partial charge in [0.05, 0.1) is 12.1 Å². The number of benzene rings is 2. The smallest absolute Gasteiger partial charge is 0.227 e. The fourth-order valence-corrected chi connectivity index (χ4v) is 3.88. The number of amides is 1. The standard InChI is InChI=1S/C23H22FN7O/c1-16-2-8-19(9-3-16)31-23-21(27-28-31)22(25-15-26-23)30-12-10-29(11-13-30)20(32)14-17-4-6-18(24)7-5-17/h2-9,15H,10-14H2,1H3. The molecule has 2 aromatic heterocycles. The van der Waals surface area contributed by atoms with Crippen LogP contribution in [0, 0.1) is 12.7 Å². The highest BCUT2D eigenvalue weighted by Crippen LogP contribution is 2.24. The summed E-state index contributed by atoms with van der Waals surface area (Å²) in [4.78, 5) is 25.5. The molecule has 1 saturated heterocycles. The Morgan fingerprint density at radius 1 is 0.969 bits per heavy atom. The summed E-state index contributed by atoms with van der Waals surface area (Å²) in [5.74, 6) is 0.457. The third kappa shape index (κ3) is 3.89. The van der Waals surface area contributed by atoms with Crippen molar-refractivity contribution in [3.63, 3.8) is 0 Å². The second-order valence-electron chi connectivity index (χ2n) is 7.88. The fourth-order valence-electron chi connectivity index (χ4n) is 3.88. The highest BCUT2D eigenvalue weighted by Gasteiger charge is 2.25. The van der Waals surface area contributed by atoms with Gasteiger partial charge in [-0.2, -0.15) is 4.68 Å². The van der Waals surface area contributed by atoms with Gasteiger partial charge in [-0.3, -0.25) is 4.79 Å². The molecular formula is C23H22FN7O. The maximum Gasteiger partial charge on any atom is 0.227 e. The number of rotatable bonds is 4. The summed E-state index contributed by atoms with van der Waals surface area (Å²) >= 11 is 0. The molecular weight excluding hydrogens is 409 g/mol. The van der Waals surface area contributed by atoms with Crippen LogP contribution < -0.4 is 4.90 Å². The number of halogens is 1. The first-order valence-electron chi connectivity index (χ1n) is 10.5. The minimum Gasteiger partial charge on any atom is -0.351 e. The van der Waals surface area contributed by atoms with E-state index >= 15 is 0 Å².